The molecule has 1 amide bonds. The number of nitrogens with zero attached hydrogens (tertiary/aromatic N) is 7. The fraction of sp³-hybridized carbons (Fsp3) is 0.619. The fourth-order valence-electron chi connectivity index (χ4n) is 4.49. The van der Waals surface area contributed by atoms with Gasteiger partial charge in [-0.1, -0.05) is 6.42 Å². The van der Waals surface area contributed by atoms with E-state index in [1.807, 2.05) is 30.2 Å². The summed E-state index contributed by atoms with van der Waals surface area (Å²) in [4.78, 5) is 19.8. The third kappa shape index (κ3) is 3.91. The minimum absolute atomic E-state index is 0.232. The van der Waals surface area contributed by atoms with Gasteiger partial charge in [0.1, 0.15) is 0 Å². The van der Waals surface area contributed by atoms with Gasteiger partial charge < -0.3 is 4.90 Å². The zero-order valence-electron chi connectivity index (χ0n) is 17.1. The van der Waals surface area contributed by atoms with E-state index < -0.39 is 0 Å². The first-order valence-corrected chi connectivity index (χ1v) is 10.8. The van der Waals surface area contributed by atoms with Gasteiger partial charge in [0.05, 0.1) is 17.9 Å². The number of amides is 1. The average Bonchev–Trinajstić information content (AvgIpc) is 3.12. The molecule has 0 N–H and O–H groups in total. The maximum absolute atomic E-state index is 12.9. The summed E-state index contributed by atoms with van der Waals surface area (Å²) in [6.07, 6.45) is 6.88. The number of carbonyl (C=O) groups is 1. The SMILES string of the molecule is Cc1ccc(-n2cc3c(n2)CCN(C(=O)CN2CCN(C4CCC4)CC2)C3)nn1. The molecule has 3 aliphatic rings. The van der Waals surface area contributed by atoms with E-state index in [1.54, 1.807) is 4.68 Å². The zero-order chi connectivity index (χ0) is 19.8. The van der Waals surface area contributed by atoms with E-state index >= 15 is 0 Å². The first-order chi connectivity index (χ1) is 14.2. The molecule has 0 radical (unpaired) electrons. The van der Waals surface area contributed by atoms with Crippen LogP contribution in [0.15, 0.2) is 18.3 Å². The summed E-state index contributed by atoms with van der Waals surface area (Å²) in [6, 6.07) is 4.67. The molecule has 154 valence electrons. The molecule has 2 fully saturated rings. The number of rotatable bonds is 4. The van der Waals surface area contributed by atoms with Crippen molar-refractivity contribution < 1.29 is 4.79 Å². The molecule has 0 bridgehead atoms. The van der Waals surface area contributed by atoms with Gasteiger partial charge in [0.15, 0.2) is 5.82 Å². The third-order valence-corrected chi connectivity index (χ3v) is 6.59. The van der Waals surface area contributed by atoms with Crippen molar-refractivity contribution in [2.24, 2.45) is 0 Å². The number of hydrogen-bond acceptors (Lipinski definition) is 6. The van der Waals surface area contributed by atoms with E-state index in [1.165, 1.54) is 19.3 Å². The van der Waals surface area contributed by atoms with E-state index in [0.717, 1.165) is 62.1 Å². The minimum atomic E-state index is 0.232. The molecule has 0 unspecified atom stereocenters. The van der Waals surface area contributed by atoms with Crippen molar-refractivity contribution >= 4 is 5.91 Å². The van der Waals surface area contributed by atoms with Gasteiger partial charge in [-0.3, -0.25) is 14.6 Å². The lowest BCUT2D eigenvalue weighted by atomic mass is 9.91. The second-order valence-electron chi connectivity index (χ2n) is 8.54. The lowest BCUT2D eigenvalue weighted by Crippen LogP contribution is -2.54. The number of carbonyl (C=O) groups excluding carboxylic acids is 1. The summed E-state index contributed by atoms with van der Waals surface area (Å²) < 4.78 is 1.78. The Morgan fingerprint density at radius 1 is 1.10 bits per heavy atom. The van der Waals surface area contributed by atoms with E-state index in [9.17, 15) is 4.79 Å². The van der Waals surface area contributed by atoms with E-state index in [0.29, 0.717) is 18.9 Å². The van der Waals surface area contributed by atoms with Crippen LogP contribution in [0.1, 0.15) is 36.2 Å². The number of aromatic nitrogens is 4. The van der Waals surface area contributed by atoms with Crippen LogP contribution in [0.3, 0.4) is 0 Å². The molecule has 5 rings (SSSR count). The van der Waals surface area contributed by atoms with Gasteiger partial charge in [-0.15, -0.1) is 5.10 Å². The fourth-order valence-corrected chi connectivity index (χ4v) is 4.49. The van der Waals surface area contributed by atoms with Crippen LogP contribution < -0.4 is 0 Å². The molecule has 0 spiro atoms. The summed E-state index contributed by atoms with van der Waals surface area (Å²) in [5.41, 5.74) is 3.06. The highest BCUT2D eigenvalue weighted by Crippen LogP contribution is 2.25. The number of aryl methyl sites for hydroxylation is 1. The lowest BCUT2D eigenvalue weighted by molar-refractivity contribution is -0.134. The smallest absolute Gasteiger partial charge is 0.237 e. The van der Waals surface area contributed by atoms with Crippen LogP contribution in [-0.4, -0.2) is 85.9 Å². The summed E-state index contributed by atoms with van der Waals surface area (Å²) >= 11 is 0. The molecule has 2 aromatic rings. The lowest BCUT2D eigenvalue weighted by Gasteiger charge is -2.43. The molecule has 0 atom stereocenters. The van der Waals surface area contributed by atoms with Crippen LogP contribution >= 0.6 is 0 Å². The van der Waals surface area contributed by atoms with Gasteiger partial charge in [0.25, 0.3) is 0 Å². The van der Waals surface area contributed by atoms with Crippen LogP contribution in [0.5, 0.6) is 0 Å². The monoisotopic (exact) mass is 395 g/mol. The maximum Gasteiger partial charge on any atom is 0.237 e. The van der Waals surface area contributed by atoms with Gasteiger partial charge in [0.2, 0.25) is 5.91 Å². The summed E-state index contributed by atoms with van der Waals surface area (Å²) in [6.45, 7) is 8.04. The van der Waals surface area contributed by atoms with E-state index in [2.05, 4.69) is 25.1 Å². The quantitative estimate of drug-likeness (QED) is 0.770. The van der Waals surface area contributed by atoms with Gasteiger partial charge >= 0.3 is 0 Å². The Morgan fingerprint density at radius 2 is 1.93 bits per heavy atom. The van der Waals surface area contributed by atoms with Crippen LogP contribution in [0.4, 0.5) is 0 Å². The van der Waals surface area contributed by atoms with E-state index in [4.69, 9.17) is 0 Å². The number of piperazine rings is 1. The predicted octanol–water partition coefficient (Wildman–Crippen LogP) is 1.03. The van der Waals surface area contributed by atoms with Gasteiger partial charge in [0, 0.05) is 63.5 Å². The van der Waals surface area contributed by atoms with Crippen molar-refractivity contribution in [3.63, 3.8) is 0 Å². The molecule has 0 aromatic carbocycles. The van der Waals surface area contributed by atoms with Crippen LogP contribution in [-0.2, 0) is 17.8 Å². The third-order valence-electron chi connectivity index (χ3n) is 6.59. The zero-order valence-corrected chi connectivity index (χ0v) is 17.1. The molecule has 8 nitrogen and oxygen atoms in total. The first-order valence-electron chi connectivity index (χ1n) is 10.8. The molecular weight excluding hydrogens is 366 g/mol. The number of hydrogen-bond donors (Lipinski definition) is 0. The normalized spacial score (nSPS) is 21.1. The van der Waals surface area contributed by atoms with Crippen molar-refractivity contribution in [3.8, 4) is 5.82 Å². The standard InChI is InChI=1S/C21H29N7O/c1-16-5-6-20(23-22-16)28-14-17-13-27(8-7-19(17)24-28)21(29)15-25-9-11-26(12-10-25)18-3-2-4-18/h5-6,14,18H,2-4,7-13,15H2,1H3. The first kappa shape index (κ1) is 18.7. The highest BCUT2D eigenvalue weighted by atomic mass is 16.2. The van der Waals surface area contributed by atoms with Crippen LogP contribution in [0.2, 0.25) is 0 Å². The van der Waals surface area contributed by atoms with Crippen molar-refractivity contribution in [1.29, 1.82) is 0 Å². The average molecular weight is 396 g/mol. The highest BCUT2D eigenvalue weighted by molar-refractivity contribution is 5.78. The Labute approximate surface area is 171 Å². The highest BCUT2D eigenvalue weighted by Gasteiger charge is 2.30. The predicted molar refractivity (Wildman–Crippen MR) is 109 cm³/mol. The molecule has 1 aliphatic carbocycles. The van der Waals surface area contributed by atoms with Gasteiger partial charge in [-0.05, 0) is 31.9 Å². The maximum atomic E-state index is 12.9. The Bertz CT molecular complexity index is 866. The molecule has 4 heterocycles. The second kappa shape index (κ2) is 7.84. The summed E-state index contributed by atoms with van der Waals surface area (Å²) in [7, 11) is 0. The van der Waals surface area contributed by atoms with Crippen molar-refractivity contribution in [2.75, 3.05) is 39.3 Å². The largest absolute Gasteiger partial charge is 0.337 e. The number of fused-ring (bicyclic) bond motifs is 1. The Balaban J connectivity index is 1.17. The van der Waals surface area contributed by atoms with Crippen molar-refractivity contribution in [3.05, 3.63) is 35.3 Å². The molecule has 2 aliphatic heterocycles. The molecule has 29 heavy (non-hydrogen) atoms. The molecule has 1 saturated carbocycles. The van der Waals surface area contributed by atoms with Crippen molar-refractivity contribution in [1.82, 2.24) is 34.7 Å². The molecule has 1 saturated heterocycles. The van der Waals surface area contributed by atoms with Crippen LogP contribution in [0.25, 0.3) is 5.82 Å². The summed E-state index contributed by atoms with van der Waals surface area (Å²) in [5, 5.41) is 13.0. The molecular formula is C21H29N7O. The van der Waals surface area contributed by atoms with Gasteiger partial charge in [-0.25, -0.2) is 4.68 Å². The Hall–Kier alpha value is -2.32. The molecule has 8 heteroatoms. The topological polar surface area (TPSA) is 70.4 Å². The van der Waals surface area contributed by atoms with Crippen LogP contribution in [0, 0.1) is 6.92 Å². The Morgan fingerprint density at radius 3 is 2.62 bits per heavy atom. The van der Waals surface area contributed by atoms with Crippen molar-refractivity contribution in [2.45, 2.75) is 45.2 Å². The Kier molecular flexibility index (Phi) is 5.05. The molecule has 2 aromatic heterocycles. The second-order valence-corrected chi connectivity index (χ2v) is 8.54. The summed E-state index contributed by atoms with van der Waals surface area (Å²) in [5.74, 6) is 0.947. The minimum Gasteiger partial charge on any atom is -0.337 e. The van der Waals surface area contributed by atoms with E-state index in [-0.39, 0.29) is 5.91 Å². The van der Waals surface area contributed by atoms with Gasteiger partial charge in [-0.2, -0.15) is 10.2 Å².